The largest absolute Gasteiger partial charge is 0.507 e. The molecule has 1 aromatic carbocycles. The van der Waals surface area contributed by atoms with E-state index in [1.165, 1.54) is 20.1 Å². The van der Waals surface area contributed by atoms with Gasteiger partial charge in [0.25, 0.3) is 5.78 Å². The summed E-state index contributed by atoms with van der Waals surface area (Å²) in [4.78, 5) is 21.9. The number of carbonyl (C=O) groups excluding carboxylic acids is 1. The fourth-order valence-corrected chi connectivity index (χ4v) is 1.47. The molecule has 1 rings (SSSR count). The van der Waals surface area contributed by atoms with Gasteiger partial charge >= 0.3 is 5.97 Å². The van der Waals surface area contributed by atoms with Gasteiger partial charge in [-0.1, -0.05) is 0 Å². The van der Waals surface area contributed by atoms with Crippen molar-refractivity contribution >= 4 is 11.8 Å². The third-order valence-electron chi connectivity index (χ3n) is 2.34. The fraction of sp³-hybridized carbons (Fsp3) is 0.273. The Balaban J connectivity index is 3.48. The first-order valence-corrected chi connectivity index (χ1v) is 4.55. The number of methoxy groups -OCH3 is 1. The highest BCUT2D eigenvalue weighted by atomic mass is 16.5. The number of carboxylic acids is 1. The van der Waals surface area contributed by atoms with E-state index in [2.05, 4.69) is 0 Å². The van der Waals surface area contributed by atoms with E-state index >= 15 is 0 Å². The average molecular weight is 224 g/mol. The van der Waals surface area contributed by atoms with Crippen LogP contribution in [0.5, 0.6) is 11.5 Å². The number of Topliss-reactive ketones (excluding diaryl/α,β-unsaturated/α-hetero) is 1. The Kier molecular flexibility index (Phi) is 3.17. The normalized spacial score (nSPS) is 9.94. The van der Waals surface area contributed by atoms with Crippen LogP contribution in [0.25, 0.3) is 0 Å². The molecule has 0 fully saturated rings. The molecule has 5 heteroatoms. The fourth-order valence-electron chi connectivity index (χ4n) is 1.47. The van der Waals surface area contributed by atoms with Crippen LogP contribution in [0.2, 0.25) is 0 Å². The number of benzene rings is 1. The number of aliphatic carboxylic acids is 1. The SMILES string of the molecule is COc1cc(C)c(C(=O)C(=O)O)c(O)c1C. The van der Waals surface area contributed by atoms with E-state index in [4.69, 9.17) is 9.84 Å². The highest BCUT2D eigenvalue weighted by Crippen LogP contribution is 2.33. The van der Waals surface area contributed by atoms with E-state index in [1.807, 2.05) is 0 Å². The third kappa shape index (κ3) is 1.84. The molecule has 0 bridgehead atoms. The van der Waals surface area contributed by atoms with Gasteiger partial charge in [0.1, 0.15) is 11.5 Å². The Morgan fingerprint density at radius 1 is 1.31 bits per heavy atom. The van der Waals surface area contributed by atoms with Gasteiger partial charge < -0.3 is 14.9 Å². The summed E-state index contributed by atoms with van der Waals surface area (Å²) in [5, 5.41) is 18.4. The molecular weight excluding hydrogens is 212 g/mol. The quantitative estimate of drug-likeness (QED) is 0.597. The van der Waals surface area contributed by atoms with Gasteiger partial charge in [-0.05, 0) is 25.5 Å². The summed E-state index contributed by atoms with van der Waals surface area (Å²) in [6, 6.07) is 1.52. The van der Waals surface area contributed by atoms with E-state index in [-0.39, 0.29) is 11.3 Å². The van der Waals surface area contributed by atoms with Gasteiger partial charge in [-0.2, -0.15) is 0 Å². The molecule has 0 saturated carbocycles. The number of aromatic hydroxyl groups is 1. The molecule has 0 unspecified atom stereocenters. The van der Waals surface area contributed by atoms with E-state index in [0.717, 1.165) is 0 Å². The molecule has 0 radical (unpaired) electrons. The molecule has 0 aliphatic carbocycles. The Bertz CT molecular complexity index is 462. The van der Waals surface area contributed by atoms with Crippen molar-refractivity contribution in [3.05, 3.63) is 22.8 Å². The van der Waals surface area contributed by atoms with E-state index in [9.17, 15) is 14.7 Å². The Hall–Kier alpha value is -2.04. The lowest BCUT2D eigenvalue weighted by atomic mass is 9.99. The smallest absolute Gasteiger partial charge is 0.377 e. The Morgan fingerprint density at radius 2 is 1.88 bits per heavy atom. The molecule has 86 valence electrons. The maximum atomic E-state index is 11.3. The van der Waals surface area contributed by atoms with Crippen molar-refractivity contribution < 1.29 is 24.5 Å². The standard InChI is InChI=1S/C11H12O5/c1-5-4-7(16-3)6(2)9(12)8(5)10(13)11(14)15/h4,12H,1-3H3,(H,14,15). The van der Waals surface area contributed by atoms with Crippen molar-refractivity contribution in [2.75, 3.05) is 7.11 Å². The van der Waals surface area contributed by atoms with Crippen molar-refractivity contribution in [2.24, 2.45) is 0 Å². The van der Waals surface area contributed by atoms with Crippen LogP contribution >= 0.6 is 0 Å². The maximum absolute atomic E-state index is 11.3. The zero-order valence-electron chi connectivity index (χ0n) is 9.20. The molecule has 16 heavy (non-hydrogen) atoms. The predicted molar refractivity (Wildman–Crippen MR) is 56.1 cm³/mol. The third-order valence-corrected chi connectivity index (χ3v) is 2.34. The van der Waals surface area contributed by atoms with Crippen LogP contribution in [0.3, 0.4) is 0 Å². The second kappa shape index (κ2) is 4.22. The molecule has 0 saturated heterocycles. The lowest BCUT2D eigenvalue weighted by Crippen LogP contribution is -2.15. The van der Waals surface area contributed by atoms with Crippen molar-refractivity contribution in [3.8, 4) is 11.5 Å². The molecule has 0 aromatic heterocycles. The molecule has 0 aliphatic heterocycles. The molecule has 0 aliphatic rings. The van der Waals surface area contributed by atoms with Gasteiger partial charge in [0.15, 0.2) is 0 Å². The number of carbonyl (C=O) groups is 2. The number of rotatable bonds is 3. The van der Waals surface area contributed by atoms with Gasteiger partial charge in [0.2, 0.25) is 0 Å². The molecule has 1 aromatic rings. The van der Waals surface area contributed by atoms with Gasteiger partial charge in [-0.3, -0.25) is 4.79 Å². The number of phenols is 1. The number of hydrogen-bond acceptors (Lipinski definition) is 4. The van der Waals surface area contributed by atoms with Gasteiger partial charge in [0.05, 0.1) is 12.7 Å². The number of hydrogen-bond donors (Lipinski definition) is 2. The first kappa shape index (κ1) is 12.0. The van der Waals surface area contributed by atoms with Crippen LogP contribution in [0.4, 0.5) is 0 Å². The second-order valence-electron chi connectivity index (χ2n) is 3.38. The van der Waals surface area contributed by atoms with E-state index < -0.39 is 11.8 Å². The topological polar surface area (TPSA) is 83.8 Å². The van der Waals surface area contributed by atoms with Crippen LogP contribution in [-0.4, -0.2) is 29.1 Å². The zero-order valence-corrected chi connectivity index (χ0v) is 9.20. The number of ketones is 1. The van der Waals surface area contributed by atoms with Crippen LogP contribution in [0, 0.1) is 13.8 Å². The second-order valence-corrected chi connectivity index (χ2v) is 3.38. The summed E-state index contributed by atoms with van der Waals surface area (Å²) in [6.07, 6.45) is 0. The zero-order chi connectivity index (χ0) is 12.5. The van der Waals surface area contributed by atoms with Crippen LogP contribution in [0.1, 0.15) is 21.5 Å². The summed E-state index contributed by atoms with van der Waals surface area (Å²) in [5.74, 6) is -2.65. The van der Waals surface area contributed by atoms with Crippen molar-refractivity contribution in [2.45, 2.75) is 13.8 Å². The Morgan fingerprint density at radius 3 is 2.31 bits per heavy atom. The minimum absolute atomic E-state index is 0.189. The number of aryl methyl sites for hydroxylation is 1. The summed E-state index contributed by atoms with van der Waals surface area (Å²) in [7, 11) is 1.43. The summed E-state index contributed by atoms with van der Waals surface area (Å²) in [6.45, 7) is 3.09. The molecule has 0 spiro atoms. The number of carboxylic acid groups (broad SMARTS) is 1. The average Bonchev–Trinajstić information content (AvgIpc) is 2.23. The van der Waals surface area contributed by atoms with Crippen LogP contribution in [-0.2, 0) is 4.79 Å². The lowest BCUT2D eigenvalue weighted by Gasteiger charge is -2.12. The highest BCUT2D eigenvalue weighted by Gasteiger charge is 2.24. The van der Waals surface area contributed by atoms with Crippen LogP contribution in [0.15, 0.2) is 6.07 Å². The molecule has 0 amide bonds. The molecule has 2 N–H and O–H groups in total. The van der Waals surface area contributed by atoms with Gasteiger partial charge in [0, 0.05) is 5.56 Å². The van der Waals surface area contributed by atoms with E-state index in [1.54, 1.807) is 6.92 Å². The first-order chi connectivity index (χ1) is 7.40. The predicted octanol–water partition coefficient (Wildman–Crippen LogP) is 1.28. The lowest BCUT2D eigenvalue weighted by molar-refractivity contribution is -0.131. The minimum atomic E-state index is -1.59. The van der Waals surface area contributed by atoms with Crippen LogP contribution < -0.4 is 4.74 Å². The van der Waals surface area contributed by atoms with Gasteiger partial charge in [-0.15, -0.1) is 0 Å². The molecular formula is C11H12O5. The maximum Gasteiger partial charge on any atom is 0.377 e. The summed E-state index contributed by atoms with van der Waals surface area (Å²) < 4.78 is 4.98. The first-order valence-electron chi connectivity index (χ1n) is 4.55. The monoisotopic (exact) mass is 224 g/mol. The van der Waals surface area contributed by atoms with Crippen molar-refractivity contribution in [1.29, 1.82) is 0 Å². The summed E-state index contributed by atoms with van der Waals surface area (Å²) >= 11 is 0. The molecule has 0 atom stereocenters. The minimum Gasteiger partial charge on any atom is -0.507 e. The number of phenolic OH excluding ortho intramolecular Hbond substituents is 1. The summed E-state index contributed by atoms with van der Waals surface area (Å²) in [5.41, 5.74) is 0.524. The van der Waals surface area contributed by atoms with Crippen molar-refractivity contribution in [3.63, 3.8) is 0 Å². The van der Waals surface area contributed by atoms with Gasteiger partial charge in [-0.25, -0.2) is 4.79 Å². The highest BCUT2D eigenvalue weighted by molar-refractivity contribution is 6.41. The molecule has 0 heterocycles. The molecule has 5 nitrogen and oxygen atoms in total. The van der Waals surface area contributed by atoms with E-state index in [0.29, 0.717) is 16.9 Å². The number of ether oxygens (including phenoxy) is 1. The van der Waals surface area contributed by atoms with Crippen molar-refractivity contribution in [1.82, 2.24) is 0 Å². The Labute approximate surface area is 92.3 Å².